The number of non-ortho nitro benzene ring substituents is 1. The second-order valence-electron chi connectivity index (χ2n) is 10.9. The minimum Gasteiger partial charge on any atom is -0.507 e. The van der Waals surface area contributed by atoms with Crippen LogP contribution < -0.4 is 9.64 Å². The van der Waals surface area contributed by atoms with Crippen molar-refractivity contribution in [2.75, 3.05) is 4.90 Å². The van der Waals surface area contributed by atoms with E-state index in [4.69, 9.17) is 4.74 Å². The van der Waals surface area contributed by atoms with E-state index in [-0.39, 0.29) is 16.4 Å². The topological polar surface area (TPSA) is 136 Å². The zero-order valence-corrected chi connectivity index (χ0v) is 27.0. The molecule has 236 valence electrons. The molecule has 1 fully saturated rings. The van der Waals surface area contributed by atoms with E-state index in [0.717, 1.165) is 33.6 Å². The first-order valence-corrected chi connectivity index (χ1v) is 16.3. The Morgan fingerprint density at radius 2 is 1.66 bits per heavy atom. The summed E-state index contributed by atoms with van der Waals surface area (Å²) in [6.07, 6.45) is 0. The summed E-state index contributed by atoms with van der Waals surface area (Å²) < 4.78 is 6.49. The van der Waals surface area contributed by atoms with Gasteiger partial charge in [-0.2, -0.15) is 0 Å². The number of ketones is 1. The average Bonchev–Trinajstić information content (AvgIpc) is 3.65. The lowest BCUT2D eigenvalue weighted by molar-refractivity contribution is -0.384. The van der Waals surface area contributed by atoms with Crippen LogP contribution in [0.1, 0.15) is 39.4 Å². The number of hydrogen-bond acceptors (Lipinski definition) is 10. The van der Waals surface area contributed by atoms with Gasteiger partial charge in [-0.3, -0.25) is 24.6 Å². The largest absolute Gasteiger partial charge is 0.507 e. The highest BCUT2D eigenvalue weighted by Crippen LogP contribution is 2.44. The monoisotopic (exact) mass is 664 g/mol. The molecule has 0 spiro atoms. The van der Waals surface area contributed by atoms with Crippen molar-refractivity contribution in [1.29, 1.82) is 0 Å². The molecule has 0 radical (unpaired) electrons. The molecular weight excluding hydrogens is 637 g/mol. The summed E-state index contributed by atoms with van der Waals surface area (Å²) in [6, 6.07) is 27.0. The van der Waals surface area contributed by atoms with E-state index < -0.39 is 28.4 Å². The standard InChI is InChI=1S/C35H28N4O6S2/c1-21-6-8-23(9-7-21)20-46-35-37-36-34(47-35)38-30(25-10-14-27(15-11-25)39(43)44)29(32(41)33(38)42)31(40)26-12-16-28(17-13-26)45-19-24-5-3-4-22(2)18-24/h3-18,30,40H,19-20H2,1-2H3/b31-29+. The molecule has 47 heavy (non-hydrogen) atoms. The van der Waals surface area contributed by atoms with Gasteiger partial charge in [-0.25, -0.2) is 0 Å². The predicted molar refractivity (Wildman–Crippen MR) is 180 cm³/mol. The second-order valence-corrected chi connectivity index (χ2v) is 13.1. The number of aliphatic hydroxyl groups is 1. The number of nitro groups is 1. The Bertz CT molecular complexity index is 1990. The first kappa shape index (κ1) is 31.6. The normalized spacial score (nSPS) is 15.6. The van der Waals surface area contributed by atoms with E-state index >= 15 is 0 Å². The zero-order chi connectivity index (χ0) is 33.1. The maximum Gasteiger partial charge on any atom is 0.301 e. The molecule has 6 rings (SSSR count). The van der Waals surface area contributed by atoms with Crippen LogP contribution >= 0.6 is 23.1 Å². The van der Waals surface area contributed by atoms with Crippen molar-refractivity contribution in [1.82, 2.24) is 10.2 Å². The summed E-state index contributed by atoms with van der Waals surface area (Å²) in [4.78, 5) is 39.1. The van der Waals surface area contributed by atoms with Crippen molar-refractivity contribution in [2.24, 2.45) is 0 Å². The van der Waals surface area contributed by atoms with Crippen LogP contribution in [0.3, 0.4) is 0 Å². The molecule has 10 nitrogen and oxygen atoms in total. The smallest absolute Gasteiger partial charge is 0.301 e. The Morgan fingerprint density at radius 3 is 2.34 bits per heavy atom. The summed E-state index contributed by atoms with van der Waals surface area (Å²) >= 11 is 2.59. The average molecular weight is 665 g/mol. The van der Waals surface area contributed by atoms with Crippen LogP contribution in [0, 0.1) is 24.0 Å². The molecule has 1 saturated heterocycles. The highest BCUT2D eigenvalue weighted by Gasteiger charge is 2.48. The van der Waals surface area contributed by atoms with Gasteiger partial charge in [0.15, 0.2) is 4.34 Å². The summed E-state index contributed by atoms with van der Waals surface area (Å²) in [5, 5.41) is 31.5. The van der Waals surface area contributed by atoms with Crippen LogP contribution in [-0.4, -0.2) is 31.9 Å². The molecule has 0 bridgehead atoms. The number of benzene rings is 4. The number of ether oxygens (including phenoxy) is 1. The molecule has 2 heterocycles. The third kappa shape index (κ3) is 6.93. The maximum atomic E-state index is 13.6. The Balaban J connectivity index is 1.31. The third-order valence-corrected chi connectivity index (χ3v) is 9.69. The fourth-order valence-electron chi connectivity index (χ4n) is 5.14. The van der Waals surface area contributed by atoms with E-state index in [1.54, 1.807) is 24.3 Å². The highest BCUT2D eigenvalue weighted by atomic mass is 32.2. The Labute approximate surface area is 278 Å². The van der Waals surface area contributed by atoms with Crippen molar-refractivity contribution in [3.8, 4) is 5.75 Å². The fourth-order valence-corrected chi connectivity index (χ4v) is 6.97. The number of carbonyl (C=O) groups is 2. The van der Waals surface area contributed by atoms with Crippen molar-refractivity contribution in [3.05, 3.63) is 146 Å². The zero-order valence-electron chi connectivity index (χ0n) is 25.3. The van der Waals surface area contributed by atoms with Crippen LogP contribution in [0.15, 0.2) is 107 Å². The molecule has 1 unspecified atom stereocenters. The summed E-state index contributed by atoms with van der Waals surface area (Å²) in [5.74, 6) is -1.00. The number of thioether (sulfide) groups is 1. The number of hydrogen-bond donors (Lipinski definition) is 1. The molecule has 1 aliphatic heterocycles. The van der Waals surface area contributed by atoms with Gasteiger partial charge < -0.3 is 9.84 Å². The van der Waals surface area contributed by atoms with Gasteiger partial charge in [0, 0.05) is 23.4 Å². The molecule has 4 aromatic carbocycles. The van der Waals surface area contributed by atoms with E-state index in [0.29, 0.717) is 33.6 Å². The Morgan fingerprint density at radius 1 is 0.936 bits per heavy atom. The molecule has 1 N–H and O–H groups in total. The first-order chi connectivity index (χ1) is 22.7. The number of aliphatic hydroxyl groups excluding tert-OH is 1. The molecule has 0 saturated carbocycles. The van der Waals surface area contributed by atoms with Crippen LogP contribution in [0.4, 0.5) is 10.8 Å². The molecule has 1 atom stereocenters. The van der Waals surface area contributed by atoms with Crippen LogP contribution in [0.25, 0.3) is 5.76 Å². The number of nitrogens with zero attached hydrogens (tertiary/aromatic N) is 4. The molecule has 0 aliphatic carbocycles. The van der Waals surface area contributed by atoms with Gasteiger partial charge in [0.25, 0.3) is 11.5 Å². The second kappa shape index (κ2) is 13.6. The van der Waals surface area contributed by atoms with E-state index in [2.05, 4.69) is 10.2 Å². The van der Waals surface area contributed by atoms with Crippen molar-refractivity contribution >= 4 is 51.4 Å². The summed E-state index contributed by atoms with van der Waals surface area (Å²) in [6.45, 7) is 4.37. The third-order valence-electron chi connectivity index (χ3n) is 7.56. The quantitative estimate of drug-likeness (QED) is 0.0305. The first-order valence-electron chi connectivity index (χ1n) is 14.5. The van der Waals surface area contributed by atoms with Crippen molar-refractivity contribution < 1.29 is 24.4 Å². The number of aromatic nitrogens is 2. The molecule has 12 heteroatoms. The number of nitro benzene ring substituents is 1. The Hall–Kier alpha value is -5.33. The van der Waals surface area contributed by atoms with E-state index in [1.807, 2.05) is 62.4 Å². The lowest BCUT2D eigenvalue weighted by Crippen LogP contribution is -2.29. The molecular formula is C35H28N4O6S2. The minimum absolute atomic E-state index is 0.155. The van der Waals surface area contributed by atoms with E-state index in [9.17, 15) is 24.8 Å². The van der Waals surface area contributed by atoms with Gasteiger partial charge >= 0.3 is 5.91 Å². The van der Waals surface area contributed by atoms with Gasteiger partial charge in [0.1, 0.15) is 18.1 Å². The number of amides is 1. The highest BCUT2D eigenvalue weighted by molar-refractivity contribution is 8.00. The van der Waals surface area contributed by atoms with Crippen molar-refractivity contribution in [2.45, 2.75) is 36.6 Å². The fraction of sp³-hybridized carbons (Fsp3) is 0.143. The van der Waals surface area contributed by atoms with Gasteiger partial charge in [-0.1, -0.05) is 82.8 Å². The van der Waals surface area contributed by atoms with Crippen LogP contribution in [0.5, 0.6) is 5.75 Å². The SMILES string of the molecule is Cc1ccc(CSc2nnc(N3C(=O)C(=O)/C(=C(/O)c4ccc(OCc5cccc(C)c5)cc4)C3c3ccc([N+](=O)[O-])cc3)s2)cc1. The van der Waals surface area contributed by atoms with Crippen LogP contribution in [0.2, 0.25) is 0 Å². The van der Waals surface area contributed by atoms with Gasteiger partial charge in [0.2, 0.25) is 5.13 Å². The lowest BCUT2D eigenvalue weighted by Gasteiger charge is -2.22. The van der Waals surface area contributed by atoms with E-state index in [1.165, 1.54) is 40.9 Å². The lowest BCUT2D eigenvalue weighted by atomic mass is 9.95. The number of rotatable bonds is 10. The predicted octanol–water partition coefficient (Wildman–Crippen LogP) is 7.56. The molecule has 5 aromatic rings. The molecule has 1 aliphatic rings. The number of aryl methyl sites for hydroxylation is 2. The molecule has 1 aromatic heterocycles. The van der Waals surface area contributed by atoms with Gasteiger partial charge in [0.05, 0.1) is 16.5 Å². The molecule has 1 amide bonds. The van der Waals surface area contributed by atoms with Gasteiger partial charge in [-0.05, 0) is 66.9 Å². The summed E-state index contributed by atoms with van der Waals surface area (Å²) in [5.41, 5.74) is 4.74. The van der Waals surface area contributed by atoms with Crippen LogP contribution in [-0.2, 0) is 21.9 Å². The number of anilines is 1. The summed E-state index contributed by atoms with van der Waals surface area (Å²) in [7, 11) is 0. The van der Waals surface area contributed by atoms with Crippen molar-refractivity contribution in [3.63, 3.8) is 0 Å². The minimum atomic E-state index is -1.10. The number of Topliss-reactive ketones (excluding diaryl/α,β-unsaturated/α-hetero) is 1. The van der Waals surface area contributed by atoms with Gasteiger partial charge in [-0.15, -0.1) is 10.2 Å². The maximum absolute atomic E-state index is 13.6. The Kier molecular flexibility index (Phi) is 9.14. The number of carbonyl (C=O) groups excluding carboxylic acids is 2.